The van der Waals surface area contributed by atoms with E-state index >= 15 is 0 Å². The summed E-state index contributed by atoms with van der Waals surface area (Å²) in [5.74, 6) is 0.597. The molecule has 0 unspecified atom stereocenters. The minimum absolute atomic E-state index is 0.000722. The molecule has 23 heavy (non-hydrogen) atoms. The standard InChI is InChI=1S/C16H21N3O3S/c1-3-18-15(21)14-12(6-9-23-14)19(16(18)22)10-13(20)17-7-4-11(2)5-8-17/h6,9,11H,3-5,7-8,10H2,1-2H3. The zero-order chi connectivity index (χ0) is 16.6. The average Bonchev–Trinajstić information content (AvgIpc) is 3.02. The normalized spacial score (nSPS) is 16.2. The molecule has 1 aliphatic rings. The Hall–Kier alpha value is -1.89. The van der Waals surface area contributed by atoms with Crippen molar-refractivity contribution in [1.29, 1.82) is 0 Å². The molecule has 3 rings (SSSR count). The van der Waals surface area contributed by atoms with E-state index in [1.165, 1.54) is 20.5 Å². The van der Waals surface area contributed by atoms with Crippen LogP contribution in [0.4, 0.5) is 0 Å². The van der Waals surface area contributed by atoms with E-state index in [-0.39, 0.29) is 18.0 Å². The van der Waals surface area contributed by atoms with Crippen LogP contribution in [0.5, 0.6) is 0 Å². The number of hydrogen-bond donors (Lipinski definition) is 0. The number of likely N-dealkylation sites (tertiary alicyclic amines) is 1. The van der Waals surface area contributed by atoms with Crippen LogP contribution >= 0.6 is 11.3 Å². The summed E-state index contributed by atoms with van der Waals surface area (Å²) >= 11 is 1.31. The highest BCUT2D eigenvalue weighted by Gasteiger charge is 2.22. The van der Waals surface area contributed by atoms with Crippen molar-refractivity contribution in [2.75, 3.05) is 13.1 Å². The van der Waals surface area contributed by atoms with Gasteiger partial charge >= 0.3 is 5.69 Å². The maximum Gasteiger partial charge on any atom is 0.331 e. The highest BCUT2D eigenvalue weighted by Crippen LogP contribution is 2.18. The smallest absolute Gasteiger partial charge is 0.331 e. The molecule has 0 aromatic carbocycles. The minimum atomic E-state index is -0.401. The highest BCUT2D eigenvalue weighted by molar-refractivity contribution is 7.17. The number of nitrogens with zero attached hydrogens (tertiary/aromatic N) is 3. The van der Waals surface area contributed by atoms with Gasteiger partial charge in [0, 0.05) is 19.6 Å². The molecule has 0 N–H and O–H groups in total. The molecular formula is C16H21N3O3S. The molecule has 0 atom stereocenters. The predicted octanol–water partition coefficient (Wildman–Crippen LogP) is 1.50. The average molecular weight is 335 g/mol. The van der Waals surface area contributed by atoms with Gasteiger partial charge in [-0.25, -0.2) is 4.79 Å². The van der Waals surface area contributed by atoms with Gasteiger partial charge in [0.25, 0.3) is 5.56 Å². The molecule has 2 aromatic heterocycles. The zero-order valence-corrected chi connectivity index (χ0v) is 14.3. The second-order valence-corrected chi connectivity index (χ2v) is 7.03. The van der Waals surface area contributed by atoms with Crippen LogP contribution in [-0.2, 0) is 17.9 Å². The van der Waals surface area contributed by atoms with E-state index in [1.54, 1.807) is 18.4 Å². The van der Waals surface area contributed by atoms with Gasteiger partial charge < -0.3 is 4.90 Å². The Morgan fingerprint density at radius 2 is 1.96 bits per heavy atom. The van der Waals surface area contributed by atoms with E-state index in [1.807, 2.05) is 4.90 Å². The van der Waals surface area contributed by atoms with E-state index in [4.69, 9.17) is 0 Å². The quantitative estimate of drug-likeness (QED) is 0.854. The maximum atomic E-state index is 12.6. The Balaban J connectivity index is 1.97. The van der Waals surface area contributed by atoms with E-state index in [9.17, 15) is 14.4 Å². The van der Waals surface area contributed by atoms with Crippen LogP contribution in [0.25, 0.3) is 10.2 Å². The van der Waals surface area contributed by atoms with Crippen molar-refractivity contribution in [1.82, 2.24) is 14.0 Å². The molecule has 0 aliphatic carbocycles. The van der Waals surface area contributed by atoms with E-state index < -0.39 is 5.69 Å². The number of piperidine rings is 1. The Kier molecular flexibility index (Phi) is 4.39. The number of amides is 1. The van der Waals surface area contributed by atoms with Gasteiger partial charge in [-0.15, -0.1) is 11.3 Å². The van der Waals surface area contributed by atoms with Gasteiger partial charge in [0.05, 0.1) is 5.52 Å². The first kappa shape index (κ1) is 16.0. The third-order valence-electron chi connectivity index (χ3n) is 4.58. The van der Waals surface area contributed by atoms with Gasteiger partial charge in [0.15, 0.2) is 0 Å². The lowest BCUT2D eigenvalue weighted by Crippen LogP contribution is -2.44. The molecule has 1 amide bonds. The lowest BCUT2D eigenvalue weighted by atomic mass is 9.99. The largest absolute Gasteiger partial charge is 0.341 e. The van der Waals surface area contributed by atoms with Crippen LogP contribution in [-0.4, -0.2) is 33.0 Å². The van der Waals surface area contributed by atoms with Crippen LogP contribution in [0, 0.1) is 5.92 Å². The fraction of sp³-hybridized carbons (Fsp3) is 0.562. The molecule has 1 saturated heterocycles. The molecule has 3 heterocycles. The van der Waals surface area contributed by atoms with Crippen LogP contribution in [0.3, 0.4) is 0 Å². The SMILES string of the molecule is CCn1c(=O)c2sccc2n(CC(=O)N2CCC(C)CC2)c1=O. The van der Waals surface area contributed by atoms with Gasteiger partial charge in [0.2, 0.25) is 5.91 Å². The van der Waals surface area contributed by atoms with E-state index in [0.717, 1.165) is 25.9 Å². The Morgan fingerprint density at radius 3 is 2.61 bits per heavy atom. The third-order valence-corrected chi connectivity index (χ3v) is 5.47. The summed E-state index contributed by atoms with van der Waals surface area (Å²) in [6.07, 6.45) is 2.01. The molecule has 0 spiro atoms. The van der Waals surface area contributed by atoms with Gasteiger partial charge in [-0.1, -0.05) is 6.92 Å². The van der Waals surface area contributed by atoms with Gasteiger partial charge in [-0.2, -0.15) is 0 Å². The summed E-state index contributed by atoms with van der Waals surface area (Å²) in [7, 11) is 0. The summed E-state index contributed by atoms with van der Waals surface area (Å²) in [5, 5.41) is 1.79. The number of hydrogen-bond acceptors (Lipinski definition) is 4. The van der Waals surface area contributed by atoms with Crippen LogP contribution in [0.15, 0.2) is 21.0 Å². The molecule has 7 heteroatoms. The van der Waals surface area contributed by atoms with Crippen molar-refractivity contribution in [3.63, 3.8) is 0 Å². The Morgan fingerprint density at radius 1 is 1.26 bits per heavy atom. The molecule has 0 radical (unpaired) electrons. The number of aromatic nitrogens is 2. The first-order valence-corrected chi connectivity index (χ1v) is 8.89. The third kappa shape index (κ3) is 2.85. The fourth-order valence-corrected chi connectivity index (χ4v) is 3.90. The van der Waals surface area contributed by atoms with E-state index in [0.29, 0.717) is 22.7 Å². The molecule has 0 bridgehead atoms. The lowest BCUT2D eigenvalue weighted by Gasteiger charge is -2.30. The second-order valence-electron chi connectivity index (χ2n) is 6.12. The van der Waals surface area contributed by atoms with Crippen molar-refractivity contribution in [3.8, 4) is 0 Å². The fourth-order valence-electron chi connectivity index (χ4n) is 3.06. The number of thiophene rings is 1. The summed E-state index contributed by atoms with van der Waals surface area (Å²) in [6, 6.07) is 1.74. The molecule has 2 aromatic rings. The van der Waals surface area contributed by atoms with Gasteiger partial charge in [0.1, 0.15) is 11.2 Å². The monoisotopic (exact) mass is 335 g/mol. The summed E-state index contributed by atoms with van der Waals surface area (Å²) in [4.78, 5) is 39.2. The molecule has 1 fully saturated rings. The molecule has 0 saturated carbocycles. The van der Waals surface area contributed by atoms with Crippen molar-refractivity contribution < 1.29 is 4.79 Å². The van der Waals surface area contributed by atoms with Gasteiger partial charge in [-0.05, 0) is 37.1 Å². The zero-order valence-electron chi connectivity index (χ0n) is 13.4. The second kappa shape index (κ2) is 6.31. The van der Waals surface area contributed by atoms with Gasteiger partial charge in [-0.3, -0.25) is 18.7 Å². The Bertz CT molecular complexity index is 840. The van der Waals surface area contributed by atoms with Crippen molar-refractivity contribution in [2.45, 2.75) is 39.8 Å². The van der Waals surface area contributed by atoms with Crippen LogP contribution in [0.1, 0.15) is 26.7 Å². The topological polar surface area (TPSA) is 64.3 Å². The van der Waals surface area contributed by atoms with Crippen molar-refractivity contribution >= 4 is 27.5 Å². The van der Waals surface area contributed by atoms with Crippen LogP contribution in [0.2, 0.25) is 0 Å². The minimum Gasteiger partial charge on any atom is -0.341 e. The number of carbonyl (C=O) groups is 1. The summed E-state index contributed by atoms with van der Waals surface area (Å²) in [5.41, 5.74) is -0.103. The first-order valence-electron chi connectivity index (χ1n) is 8.01. The molecule has 1 aliphatic heterocycles. The summed E-state index contributed by atoms with van der Waals surface area (Å²) in [6.45, 7) is 5.75. The first-order chi connectivity index (χ1) is 11.0. The van der Waals surface area contributed by atoms with Crippen molar-refractivity contribution in [2.24, 2.45) is 5.92 Å². The van der Waals surface area contributed by atoms with E-state index in [2.05, 4.69) is 6.92 Å². The lowest BCUT2D eigenvalue weighted by molar-refractivity contribution is -0.133. The maximum absolute atomic E-state index is 12.6. The predicted molar refractivity (Wildman–Crippen MR) is 91.0 cm³/mol. The Labute approximate surface area is 138 Å². The van der Waals surface area contributed by atoms with Crippen LogP contribution < -0.4 is 11.2 Å². The number of rotatable bonds is 3. The summed E-state index contributed by atoms with van der Waals surface area (Å²) < 4.78 is 3.17. The van der Waals surface area contributed by atoms with Crippen molar-refractivity contribution in [3.05, 3.63) is 32.3 Å². The highest BCUT2D eigenvalue weighted by atomic mass is 32.1. The number of fused-ring (bicyclic) bond motifs is 1. The number of carbonyl (C=O) groups excluding carboxylic acids is 1. The molecular weight excluding hydrogens is 314 g/mol. The molecule has 124 valence electrons. The molecule has 6 nitrogen and oxygen atoms in total.